The van der Waals surface area contributed by atoms with Gasteiger partial charge in [0.1, 0.15) is 17.2 Å². The number of anilines is 1. The molecule has 0 atom stereocenters. The highest BCUT2D eigenvalue weighted by Gasteiger charge is 2.06. The molecule has 4 rings (SSSR count). The van der Waals surface area contributed by atoms with Crippen LogP contribution in [0.2, 0.25) is 0 Å². The summed E-state index contributed by atoms with van der Waals surface area (Å²) < 4.78 is 18.2. The van der Waals surface area contributed by atoms with Crippen LogP contribution < -0.4 is 19.6 Å². The Labute approximate surface area is 191 Å². The highest BCUT2D eigenvalue weighted by atomic mass is 32.1. The van der Waals surface area contributed by atoms with Gasteiger partial charge in [-0.3, -0.25) is 5.43 Å². The predicted molar refractivity (Wildman–Crippen MR) is 131 cm³/mol. The zero-order chi connectivity index (χ0) is 22.2. The molecule has 0 aliphatic rings. The maximum absolute atomic E-state index is 5.98. The van der Waals surface area contributed by atoms with Gasteiger partial charge in [0.15, 0.2) is 0 Å². The van der Waals surface area contributed by atoms with Crippen molar-refractivity contribution in [3.63, 3.8) is 0 Å². The fourth-order valence-corrected chi connectivity index (χ4v) is 3.84. The zero-order valence-corrected chi connectivity index (χ0v) is 18.9. The SMILES string of the molecule is COc1ccc(OCCCOc2ccc(C)cc2)c(/C=N/Nc2nc3ccccc3s2)c1. The van der Waals surface area contributed by atoms with E-state index in [1.165, 1.54) is 5.56 Å². The van der Waals surface area contributed by atoms with Crippen molar-refractivity contribution in [3.8, 4) is 17.2 Å². The third kappa shape index (κ3) is 5.76. The number of aryl methyl sites for hydroxylation is 1. The van der Waals surface area contributed by atoms with Gasteiger partial charge in [-0.05, 0) is 49.4 Å². The van der Waals surface area contributed by atoms with Crippen molar-refractivity contribution in [2.24, 2.45) is 5.10 Å². The van der Waals surface area contributed by atoms with Gasteiger partial charge in [-0.15, -0.1) is 0 Å². The first-order valence-electron chi connectivity index (χ1n) is 10.4. The van der Waals surface area contributed by atoms with E-state index >= 15 is 0 Å². The van der Waals surface area contributed by atoms with E-state index in [0.717, 1.165) is 44.6 Å². The Morgan fingerprint density at radius 3 is 2.56 bits per heavy atom. The molecule has 164 valence electrons. The van der Waals surface area contributed by atoms with Crippen LogP contribution in [0.15, 0.2) is 71.8 Å². The molecule has 1 N–H and O–H groups in total. The van der Waals surface area contributed by atoms with Crippen molar-refractivity contribution in [2.45, 2.75) is 13.3 Å². The Hall–Kier alpha value is -3.58. The third-order valence-electron chi connectivity index (χ3n) is 4.71. The quantitative estimate of drug-likeness (QED) is 0.186. The number of thiazole rings is 1. The minimum Gasteiger partial charge on any atom is -0.497 e. The van der Waals surface area contributed by atoms with E-state index < -0.39 is 0 Å². The fourth-order valence-electron chi connectivity index (χ4n) is 3.03. The van der Waals surface area contributed by atoms with Crippen LogP contribution in [0.4, 0.5) is 5.13 Å². The lowest BCUT2D eigenvalue weighted by Crippen LogP contribution is -2.06. The van der Waals surface area contributed by atoms with Crippen LogP contribution in [0.25, 0.3) is 10.2 Å². The Kier molecular flexibility index (Phi) is 7.19. The van der Waals surface area contributed by atoms with Crippen LogP contribution in [0.5, 0.6) is 17.2 Å². The smallest absolute Gasteiger partial charge is 0.204 e. The first-order valence-corrected chi connectivity index (χ1v) is 11.2. The number of para-hydroxylation sites is 1. The van der Waals surface area contributed by atoms with E-state index in [9.17, 15) is 0 Å². The number of ether oxygens (including phenoxy) is 3. The summed E-state index contributed by atoms with van der Waals surface area (Å²) in [5.74, 6) is 2.34. The molecule has 0 spiro atoms. The summed E-state index contributed by atoms with van der Waals surface area (Å²) in [6, 6.07) is 21.7. The molecular formula is C25H25N3O3S. The number of hydrazone groups is 1. The van der Waals surface area contributed by atoms with Gasteiger partial charge in [-0.1, -0.05) is 41.2 Å². The van der Waals surface area contributed by atoms with Gasteiger partial charge < -0.3 is 14.2 Å². The van der Waals surface area contributed by atoms with Crippen LogP contribution in [-0.2, 0) is 0 Å². The van der Waals surface area contributed by atoms with Gasteiger partial charge in [0.2, 0.25) is 5.13 Å². The number of nitrogens with zero attached hydrogens (tertiary/aromatic N) is 2. The molecule has 0 radical (unpaired) electrons. The molecule has 7 heteroatoms. The van der Waals surface area contributed by atoms with Crippen molar-refractivity contribution < 1.29 is 14.2 Å². The van der Waals surface area contributed by atoms with Gasteiger partial charge in [-0.2, -0.15) is 5.10 Å². The Morgan fingerprint density at radius 1 is 0.969 bits per heavy atom. The summed E-state index contributed by atoms with van der Waals surface area (Å²) in [4.78, 5) is 4.52. The van der Waals surface area contributed by atoms with Gasteiger partial charge in [0, 0.05) is 12.0 Å². The molecule has 0 aliphatic carbocycles. The largest absolute Gasteiger partial charge is 0.497 e. The lowest BCUT2D eigenvalue weighted by atomic mass is 10.2. The molecule has 0 bridgehead atoms. The number of rotatable bonds is 10. The van der Waals surface area contributed by atoms with Crippen molar-refractivity contribution in [1.82, 2.24) is 4.98 Å². The van der Waals surface area contributed by atoms with E-state index in [2.05, 4.69) is 22.4 Å². The number of fused-ring (bicyclic) bond motifs is 1. The molecule has 6 nitrogen and oxygen atoms in total. The predicted octanol–water partition coefficient (Wildman–Crippen LogP) is 5.91. The highest BCUT2D eigenvalue weighted by molar-refractivity contribution is 7.22. The van der Waals surface area contributed by atoms with E-state index in [1.54, 1.807) is 24.7 Å². The molecule has 1 heterocycles. The minimum absolute atomic E-state index is 0.532. The molecule has 0 aliphatic heterocycles. The number of methoxy groups -OCH3 is 1. The van der Waals surface area contributed by atoms with Crippen molar-refractivity contribution in [3.05, 3.63) is 77.9 Å². The number of hydrogen-bond acceptors (Lipinski definition) is 7. The normalized spacial score (nSPS) is 11.1. The van der Waals surface area contributed by atoms with Crippen molar-refractivity contribution in [1.29, 1.82) is 0 Å². The molecule has 32 heavy (non-hydrogen) atoms. The van der Waals surface area contributed by atoms with Gasteiger partial charge in [0.05, 0.1) is 36.8 Å². The number of benzene rings is 3. The van der Waals surface area contributed by atoms with Gasteiger partial charge >= 0.3 is 0 Å². The van der Waals surface area contributed by atoms with Crippen LogP contribution >= 0.6 is 11.3 Å². The first-order chi connectivity index (χ1) is 15.7. The number of nitrogens with one attached hydrogen (secondary N) is 1. The third-order valence-corrected chi connectivity index (χ3v) is 5.65. The van der Waals surface area contributed by atoms with Crippen LogP contribution in [0.3, 0.4) is 0 Å². The highest BCUT2D eigenvalue weighted by Crippen LogP contribution is 2.26. The second kappa shape index (κ2) is 10.6. The van der Waals surface area contributed by atoms with Gasteiger partial charge in [0.25, 0.3) is 0 Å². The Bertz CT molecular complexity index is 1160. The van der Waals surface area contributed by atoms with Crippen molar-refractivity contribution >= 4 is 32.9 Å². The molecule has 0 saturated carbocycles. The van der Waals surface area contributed by atoms with E-state index in [1.807, 2.05) is 66.7 Å². The standard InChI is InChI=1S/C25H25N3O3S/c1-18-8-10-20(11-9-18)30-14-5-15-31-23-13-12-21(29-2)16-19(23)17-26-28-25-27-22-6-3-4-7-24(22)32-25/h3-4,6-13,16-17H,5,14-15H2,1-2H3,(H,27,28)/b26-17+. The van der Waals surface area contributed by atoms with E-state index in [4.69, 9.17) is 14.2 Å². The summed E-state index contributed by atoms with van der Waals surface area (Å²) >= 11 is 1.56. The van der Waals surface area contributed by atoms with Crippen LogP contribution in [0, 0.1) is 6.92 Å². The average Bonchev–Trinajstić information content (AvgIpc) is 3.23. The monoisotopic (exact) mass is 447 g/mol. The average molecular weight is 448 g/mol. The zero-order valence-electron chi connectivity index (χ0n) is 18.1. The van der Waals surface area contributed by atoms with Crippen molar-refractivity contribution in [2.75, 3.05) is 25.7 Å². The Morgan fingerprint density at radius 2 is 1.75 bits per heavy atom. The summed E-state index contributed by atoms with van der Waals surface area (Å²) in [5.41, 5.74) is 5.99. The maximum Gasteiger partial charge on any atom is 0.204 e. The fraction of sp³-hybridized carbons (Fsp3) is 0.200. The van der Waals surface area contributed by atoms with Gasteiger partial charge in [-0.25, -0.2) is 4.98 Å². The summed E-state index contributed by atoms with van der Waals surface area (Å²) in [6.07, 6.45) is 2.48. The molecule has 0 amide bonds. The minimum atomic E-state index is 0.532. The molecular weight excluding hydrogens is 422 g/mol. The molecule has 3 aromatic carbocycles. The lowest BCUT2D eigenvalue weighted by molar-refractivity contribution is 0.247. The summed E-state index contributed by atoms with van der Waals surface area (Å²) in [7, 11) is 1.64. The second-order valence-corrected chi connectivity index (χ2v) is 8.15. The molecule has 0 fully saturated rings. The van der Waals surface area contributed by atoms with Crippen LogP contribution in [0.1, 0.15) is 17.5 Å². The second-order valence-electron chi connectivity index (χ2n) is 7.12. The van der Waals surface area contributed by atoms with E-state index in [0.29, 0.717) is 13.2 Å². The molecule has 4 aromatic rings. The maximum atomic E-state index is 5.98. The molecule has 0 unspecified atom stereocenters. The topological polar surface area (TPSA) is 65.0 Å². The number of hydrogen-bond donors (Lipinski definition) is 1. The number of aromatic nitrogens is 1. The Balaban J connectivity index is 1.33. The summed E-state index contributed by atoms with van der Waals surface area (Å²) in [5, 5.41) is 5.08. The molecule has 1 aromatic heterocycles. The summed E-state index contributed by atoms with van der Waals surface area (Å²) in [6.45, 7) is 3.17. The first kappa shape index (κ1) is 21.6. The van der Waals surface area contributed by atoms with E-state index in [-0.39, 0.29) is 0 Å². The lowest BCUT2D eigenvalue weighted by Gasteiger charge is -2.11. The van der Waals surface area contributed by atoms with Crippen LogP contribution in [-0.4, -0.2) is 31.5 Å². The molecule has 0 saturated heterocycles.